The maximum atomic E-state index is 12.4. The lowest BCUT2D eigenvalue weighted by Gasteiger charge is -2.40. The summed E-state index contributed by atoms with van der Waals surface area (Å²) in [6.07, 6.45) is 3.67. The van der Waals surface area contributed by atoms with Gasteiger partial charge in [0, 0.05) is 0 Å². The van der Waals surface area contributed by atoms with Gasteiger partial charge < -0.3 is 19.8 Å². The van der Waals surface area contributed by atoms with Crippen molar-refractivity contribution in [3.05, 3.63) is 28.0 Å². The Hall–Kier alpha value is -2.15. The molecule has 106 valence electrons. The van der Waals surface area contributed by atoms with E-state index in [9.17, 15) is 14.7 Å². The molecule has 2 aromatic heterocycles. The fourth-order valence-corrected chi connectivity index (χ4v) is 2.56. The lowest BCUT2D eigenvalue weighted by Crippen LogP contribution is -2.56. The molecule has 0 atom stereocenters. The first kappa shape index (κ1) is 12.9. The molecular weight excluding hydrogens is 262 g/mol. The lowest BCUT2D eigenvalue weighted by atomic mass is 9.77. The highest BCUT2D eigenvalue weighted by Crippen LogP contribution is 2.32. The van der Waals surface area contributed by atoms with E-state index in [1.807, 2.05) is 0 Å². The van der Waals surface area contributed by atoms with Crippen LogP contribution in [0.15, 0.2) is 15.5 Å². The van der Waals surface area contributed by atoms with Crippen LogP contribution in [0.4, 0.5) is 0 Å². The number of amides is 1. The smallest absolute Gasteiger partial charge is 0.262 e. The highest BCUT2D eigenvalue weighted by atomic mass is 16.3. The van der Waals surface area contributed by atoms with Crippen LogP contribution in [-0.4, -0.2) is 33.1 Å². The molecule has 0 spiro atoms. The van der Waals surface area contributed by atoms with E-state index in [-0.39, 0.29) is 23.3 Å². The van der Waals surface area contributed by atoms with Gasteiger partial charge in [-0.15, -0.1) is 0 Å². The van der Waals surface area contributed by atoms with Crippen molar-refractivity contribution in [2.24, 2.45) is 0 Å². The molecule has 20 heavy (non-hydrogen) atoms. The lowest BCUT2D eigenvalue weighted by molar-refractivity contribution is 0.0641. The van der Waals surface area contributed by atoms with Gasteiger partial charge in [-0.3, -0.25) is 9.59 Å². The Kier molecular flexibility index (Phi) is 2.86. The number of carbonyl (C=O) groups is 1. The molecule has 0 bridgehead atoms. The molecule has 0 aliphatic heterocycles. The zero-order valence-electron chi connectivity index (χ0n) is 11.0. The van der Waals surface area contributed by atoms with Gasteiger partial charge in [0.1, 0.15) is 11.1 Å². The molecule has 0 aromatic carbocycles. The number of nitrogens with zero attached hydrogens (tertiary/aromatic N) is 1. The van der Waals surface area contributed by atoms with Crippen LogP contribution in [0.1, 0.15) is 35.4 Å². The minimum Gasteiger partial charge on any atom is -0.442 e. The number of hydrogen-bond donors (Lipinski definition) is 3. The van der Waals surface area contributed by atoms with E-state index in [4.69, 9.17) is 4.42 Å². The Morgan fingerprint density at radius 1 is 1.60 bits per heavy atom. The summed E-state index contributed by atoms with van der Waals surface area (Å²) in [5.41, 5.74) is -0.650. The van der Waals surface area contributed by atoms with Gasteiger partial charge in [0.2, 0.25) is 5.71 Å². The van der Waals surface area contributed by atoms with Crippen molar-refractivity contribution in [3.8, 4) is 0 Å². The number of aliphatic hydroxyl groups excluding tert-OH is 1. The van der Waals surface area contributed by atoms with E-state index >= 15 is 0 Å². The molecule has 1 fully saturated rings. The third-order valence-electron chi connectivity index (χ3n) is 3.89. The number of carbonyl (C=O) groups excluding carboxylic acids is 1. The van der Waals surface area contributed by atoms with Crippen molar-refractivity contribution in [2.45, 2.75) is 31.7 Å². The monoisotopic (exact) mass is 277 g/mol. The van der Waals surface area contributed by atoms with Gasteiger partial charge in [0.15, 0.2) is 0 Å². The molecule has 7 heteroatoms. The third kappa shape index (κ3) is 1.82. The van der Waals surface area contributed by atoms with Gasteiger partial charge in [-0.05, 0) is 26.2 Å². The van der Waals surface area contributed by atoms with Crippen LogP contribution in [0.3, 0.4) is 0 Å². The average molecular weight is 277 g/mol. The highest BCUT2D eigenvalue weighted by Gasteiger charge is 2.39. The number of hydrogen-bond acceptors (Lipinski definition) is 5. The Morgan fingerprint density at radius 2 is 2.35 bits per heavy atom. The largest absolute Gasteiger partial charge is 0.442 e. The number of rotatable bonds is 3. The van der Waals surface area contributed by atoms with E-state index in [0.29, 0.717) is 5.76 Å². The summed E-state index contributed by atoms with van der Waals surface area (Å²) in [4.78, 5) is 30.6. The van der Waals surface area contributed by atoms with Crippen molar-refractivity contribution >= 4 is 17.0 Å². The number of aliphatic hydroxyl groups is 1. The SMILES string of the molecule is Cc1oc2nc[nH]c(=O)c2c1C(=O)NC1(CO)CCC1. The van der Waals surface area contributed by atoms with Gasteiger partial charge in [0.05, 0.1) is 24.0 Å². The van der Waals surface area contributed by atoms with Crippen LogP contribution < -0.4 is 10.9 Å². The zero-order valence-corrected chi connectivity index (χ0v) is 11.0. The van der Waals surface area contributed by atoms with Crippen molar-refractivity contribution < 1.29 is 14.3 Å². The Balaban J connectivity index is 2.03. The molecule has 1 saturated carbocycles. The molecule has 2 heterocycles. The van der Waals surface area contributed by atoms with E-state index < -0.39 is 17.0 Å². The Morgan fingerprint density at radius 3 is 2.95 bits per heavy atom. The number of aryl methyl sites for hydroxylation is 1. The van der Waals surface area contributed by atoms with Crippen LogP contribution in [0, 0.1) is 6.92 Å². The minimum absolute atomic E-state index is 0.109. The fourth-order valence-electron chi connectivity index (χ4n) is 2.56. The van der Waals surface area contributed by atoms with Crippen molar-refractivity contribution in [1.82, 2.24) is 15.3 Å². The van der Waals surface area contributed by atoms with Crippen LogP contribution in [0.2, 0.25) is 0 Å². The third-order valence-corrected chi connectivity index (χ3v) is 3.89. The van der Waals surface area contributed by atoms with Crippen molar-refractivity contribution in [1.29, 1.82) is 0 Å². The van der Waals surface area contributed by atoms with Gasteiger partial charge in [-0.2, -0.15) is 0 Å². The maximum Gasteiger partial charge on any atom is 0.262 e. The second kappa shape index (κ2) is 4.45. The van der Waals surface area contributed by atoms with E-state index in [0.717, 1.165) is 19.3 Å². The molecule has 7 nitrogen and oxygen atoms in total. The minimum atomic E-state index is -0.567. The topological polar surface area (TPSA) is 108 Å². The Bertz CT molecular complexity index is 721. The predicted molar refractivity (Wildman–Crippen MR) is 70.5 cm³/mol. The molecule has 1 aliphatic carbocycles. The summed E-state index contributed by atoms with van der Waals surface area (Å²) in [6, 6.07) is 0. The fraction of sp³-hybridized carbons (Fsp3) is 0.462. The molecule has 0 saturated heterocycles. The normalized spacial score (nSPS) is 16.9. The van der Waals surface area contributed by atoms with Gasteiger partial charge in [-0.25, -0.2) is 4.98 Å². The summed E-state index contributed by atoms with van der Waals surface area (Å²) >= 11 is 0. The first-order valence-corrected chi connectivity index (χ1v) is 6.46. The molecule has 2 aromatic rings. The number of aromatic nitrogens is 2. The molecule has 0 unspecified atom stereocenters. The first-order valence-electron chi connectivity index (χ1n) is 6.46. The molecule has 1 aliphatic rings. The van der Waals surface area contributed by atoms with Gasteiger partial charge in [0.25, 0.3) is 11.5 Å². The van der Waals surface area contributed by atoms with E-state index in [1.54, 1.807) is 6.92 Å². The molecule has 3 rings (SSSR count). The van der Waals surface area contributed by atoms with Crippen molar-refractivity contribution in [2.75, 3.05) is 6.61 Å². The van der Waals surface area contributed by atoms with E-state index in [2.05, 4.69) is 15.3 Å². The summed E-state index contributed by atoms with van der Waals surface area (Å²) in [5.74, 6) is -0.0670. The van der Waals surface area contributed by atoms with Crippen LogP contribution in [0.5, 0.6) is 0 Å². The number of furan rings is 1. The predicted octanol–water partition coefficient (Wildman–Crippen LogP) is 0.469. The summed E-state index contributed by atoms with van der Waals surface area (Å²) in [7, 11) is 0. The summed E-state index contributed by atoms with van der Waals surface area (Å²) < 4.78 is 5.35. The van der Waals surface area contributed by atoms with E-state index in [1.165, 1.54) is 6.33 Å². The second-order valence-electron chi connectivity index (χ2n) is 5.19. The second-order valence-corrected chi connectivity index (χ2v) is 5.19. The molecule has 1 amide bonds. The Labute approximate surface area is 114 Å². The van der Waals surface area contributed by atoms with Crippen molar-refractivity contribution in [3.63, 3.8) is 0 Å². The van der Waals surface area contributed by atoms with Gasteiger partial charge in [-0.1, -0.05) is 0 Å². The highest BCUT2D eigenvalue weighted by molar-refractivity contribution is 6.06. The van der Waals surface area contributed by atoms with Crippen LogP contribution in [0.25, 0.3) is 11.1 Å². The number of aromatic amines is 1. The summed E-state index contributed by atoms with van der Waals surface area (Å²) in [6.45, 7) is 1.50. The standard InChI is InChI=1S/C13H15N3O4/c1-7-8(9-10(18)14-6-15-12(9)20-7)11(19)16-13(5-17)3-2-4-13/h6,17H,2-5H2,1H3,(H,16,19)(H,14,15,18). The quantitative estimate of drug-likeness (QED) is 0.755. The molecule has 3 N–H and O–H groups in total. The van der Waals surface area contributed by atoms with Crippen LogP contribution >= 0.6 is 0 Å². The van der Waals surface area contributed by atoms with Gasteiger partial charge >= 0.3 is 0 Å². The summed E-state index contributed by atoms with van der Waals surface area (Å²) in [5, 5.41) is 12.4. The molecule has 0 radical (unpaired) electrons. The number of nitrogens with one attached hydrogen (secondary N) is 2. The zero-order chi connectivity index (χ0) is 14.3. The number of fused-ring (bicyclic) bond motifs is 1. The molecular formula is C13H15N3O4. The average Bonchev–Trinajstić information content (AvgIpc) is 2.71. The maximum absolute atomic E-state index is 12.4. The first-order chi connectivity index (χ1) is 9.56. The van der Waals surface area contributed by atoms with Crippen LogP contribution in [-0.2, 0) is 0 Å². The number of H-pyrrole nitrogens is 1.